The minimum atomic E-state index is -4.82. The first-order valence-electron chi connectivity index (χ1n) is 13.2. The number of rotatable bonds is 7. The van der Waals surface area contributed by atoms with Crippen molar-refractivity contribution in [3.63, 3.8) is 0 Å². The Labute approximate surface area is 253 Å². The summed E-state index contributed by atoms with van der Waals surface area (Å²) in [7, 11) is 0. The lowest BCUT2D eigenvalue weighted by Crippen LogP contribution is -2.34. The van der Waals surface area contributed by atoms with Gasteiger partial charge in [-0.1, -0.05) is 55.0 Å². The molecular weight excluding hydrogens is 605 g/mol. The largest absolute Gasteiger partial charge is 0.416 e. The molecule has 0 radical (unpaired) electrons. The van der Waals surface area contributed by atoms with Crippen LogP contribution in [0.2, 0.25) is 0 Å². The molecule has 1 aromatic heterocycles. The minimum absolute atomic E-state index is 0.0325. The number of nitrogens with zero attached hydrogens (tertiary/aromatic N) is 3. The first-order chi connectivity index (χ1) is 21.2. The standard InChI is InChI=1S/C32H23F7N4O2/c1-2-28(44)40-27-14-13-22(41-42-27)9-7-19-43(29(45)20-21-8-3-4-10-24(21)31(34,35)36)23-15-17-30(33,18-16-23)25-11-5-6-12-26(25)32(37,38)39/h2-6,8,10-17H,1,18-20H2,(H,40,42,44). The number of carbonyl (C=O) groups excluding carboxylic acids is 2. The van der Waals surface area contributed by atoms with Gasteiger partial charge in [-0.05, 0) is 54.0 Å². The van der Waals surface area contributed by atoms with Gasteiger partial charge in [0.15, 0.2) is 11.5 Å². The summed E-state index contributed by atoms with van der Waals surface area (Å²) in [6.07, 6.45) is -6.64. The van der Waals surface area contributed by atoms with E-state index in [1.807, 2.05) is 0 Å². The number of amides is 2. The highest BCUT2D eigenvalue weighted by Gasteiger charge is 2.41. The van der Waals surface area contributed by atoms with E-state index in [0.29, 0.717) is 0 Å². The summed E-state index contributed by atoms with van der Waals surface area (Å²) in [4.78, 5) is 25.8. The zero-order valence-electron chi connectivity index (χ0n) is 23.2. The van der Waals surface area contributed by atoms with Crippen LogP contribution in [0.15, 0.2) is 97.2 Å². The van der Waals surface area contributed by atoms with Gasteiger partial charge in [-0.25, -0.2) is 4.39 Å². The maximum atomic E-state index is 15.9. The molecule has 0 bridgehead atoms. The normalized spacial score (nSPS) is 16.2. The summed E-state index contributed by atoms with van der Waals surface area (Å²) in [5, 5.41) is 10.0. The fraction of sp³-hybridized carbons (Fsp3) is 0.188. The van der Waals surface area contributed by atoms with Crippen LogP contribution in [-0.4, -0.2) is 33.5 Å². The molecule has 1 aliphatic rings. The highest BCUT2D eigenvalue weighted by molar-refractivity contribution is 5.98. The van der Waals surface area contributed by atoms with Crippen LogP contribution in [0.3, 0.4) is 0 Å². The van der Waals surface area contributed by atoms with Gasteiger partial charge in [0, 0.05) is 17.7 Å². The summed E-state index contributed by atoms with van der Waals surface area (Å²) >= 11 is 0. The molecule has 1 unspecified atom stereocenters. The number of hydrogen-bond donors (Lipinski definition) is 1. The maximum Gasteiger partial charge on any atom is 0.416 e. The van der Waals surface area contributed by atoms with Gasteiger partial charge < -0.3 is 10.2 Å². The van der Waals surface area contributed by atoms with Gasteiger partial charge in [0.2, 0.25) is 11.8 Å². The smallest absolute Gasteiger partial charge is 0.306 e. The molecular formula is C32H23F7N4O2. The molecule has 0 fully saturated rings. The summed E-state index contributed by atoms with van der Waals surface area (Å²) in [5.41, 5.74) is -5.51. The summed E-state index contributed by atoms with van der Waals surface area (Å²) < 4.78 is 97.5. The van der Waals surface area contributed by atoms with Crippen LogP contribution in [0, 0.1) is 11.8 Å². The number of aromatic nitrogens is 2. The van der Waals surface area contributed by atoms with E-state index in [4.69, 9.17) is 0 Å². The minimum Gasteiger partial charge on any atom is -0.306 e. The van der Waals surface area contributed by atoms with E-state index in [9.17, 15) is 35.9 Å². The molecule has 0 saturated heterocycles. The molecule has 2 aromatic carbocycles. The van der Waals surface area contributed by atoms with Crippen molar-refractivity contribution < 1.29 is 40.3 Å². The van der Waals surface area contributed by atoms with Crippen molar-refractivity contribution in [2.24, 2.45) is 0 Å². The maximum absolute atomic E-state index is 15.9. The van der Waals surface area contributed by atoms with Crippen LogP contribution in [-0.2, 0) is 34.0 Å². The van der Waals surface area contributed by atoms with Crippen LogP contribution in [0.1, 0.15) is 34.4 Å². The Kier molecular flexibility index (Phi) is 9.56. The number of alkyl halides is 7. The van der Waals surface area contributed by atoms with Crippen molar-refractivity contribution in [3.8, 4) is 11.8 Å². The average Bonchev–Trinajstić information content (AvgIpc) is 3.00. The van der Waals surface area contributed by atoms with E-state index < -0.39 is 65.9 Å². The van der Waals surface area contributed by atoms with Crippen molar-refractivity contribution >= 4 is 17.6 Å². The van der Waals surface area contributed by atoms with E-state index >= 15 is 4.39 Å². The Morgan fingerprint density at radius 2 is 1.62 bits per heavy atom. The van der Waals surface area contributed by atoms with Crippen molar-refractivity contribution in [2.75, 3.05) is 11.9 Å². The second-order valence-electron chi connectivity index (χ2n) is 9.68. The number of benzene rings is 2. The SMILES string of the molecule is C=CC(=O)Nc1ccc(C#CCN(C(=O)Cc2ccccc2C(F)(F)F)C2=CCC(F)(c3ccccc3C(F)(F)F)C=C2)nn1. The van der Waals surface area contributed by atoms with Gasteiger partial charge in [0.1, 0.15) is 5.69 Å². The van der Waals surface area contributed by atoms with Gasteiger partial charge in [0.25, 0.3) is 0 Å². The van der Waals surface area contributed by atoms with Crippen LogP contribution in [0.4, 0.5) is 36.6 Å². The van der Waals surface area contributed by atoms with E-state index in [-0.39, 0.29) is 22.8 Å². The molecule has 1 N–H and O–H groups in total. The van der Waals surface area contributed by atoms with Crippen molar-refractivity contribution in [1.29, 1.82) is 0 Å². The zero-order valence-corrected chi connectivity index (χ0v) is 23.2. The lowest BCUT2D eigenvalue weighted by Gasteiger charge is -2.30. The number of anilines is 1. The first kappa shape index (κ1) is 32.7. The van der Waals surface area contributed by atoms with Crippen LogP contribution in [0.5, 0.6) is 0 Å². The molecule has 6 nitrogen and oxygen atoms in total. The summed E-state index contributed by atoms with van der Waals surface area (Å²) in [5.74, 6) is 4.09. The monoisotopic (exact) mass is 628 g/mol. The molecule has 1 heterocycles. The lowest BCUT2D eigenvalue weighted by molar-refractivity contribution is -0.139. The fourth-order valence-corrected chi connectivity index (χ4v) is 4.48. The summed E-state index contributed by atoms with van der Waals surface area (Å²) in [6.45, 7) is 2.93. The van der Waals surface area contributed by atoms with Gasteiger partial charge in [0.05, 0.1) is 24.1 Å². The first-order valence-corrected chi connectivity index (χ1v) is 13.2. The third-order valence-corrected chi connectivity index (χ3v) is 6.64. The number of halogens is 7. The highest BCUT2D eigenvalue weighted by atomic mass is 19.4. The third-order valence-electron chi connectivity index (χ3n) is 6.64. The third kappa shape index (κ3) is 8.03. The Morgan fingerprint density at radius 3 is 2.22 bits per heavy atom. The lowest BCUT2D eigenvalue weighted by atomic mass is 9.85. The van der Waals surface area contributed by atoms with Crippen LogP contribution < -0.4 is 5.32 Å². The van der Waals surface area contributed by atoms with Crippen molar-refractivity contribution in [1.82, 2.24) is 15.1 Å². The van der Waals surface area contributed by atoms with Gasteiger partial charge in [-0.3, -0.25) is 9.59 Å². The van der Waals surface area contributed by atoms with Gasteiger partial charge >= 0.3 is 12.4 Å². The predicted octanol–water partition coefficient (Wildman–Crippen LogP) is 6.77. The number of nitrogens with one attached hydrogen (secondary N) is 1. The zero-order chi connectivity index (χ0) is 32.8. The second kappa shape index (κ2) is 13.2. The molecule has 0 aliphatic heterocycles. The van der Waals surface area contributed by atoms with Crippen molar-refractivity contribution in [3.05, 3.63) is 125 Å². The molecule has 2 amide bonds. The van der Waals surface area contributed by atoms with E-state index in [1.54, 1.807) is 0 Å². The molecule has 4 rings (SSSR count). The topological polar surface area (TPSA) is 75.2 Å². The van der Waals surface area contributed by atoms with E-state index in [1.165, 1.54) is 36.4 Å². The van der Waals surface area contributed by atoms with Gasteiger partial charge in [-0.15, -0.1) is 10.2 Å². The Bertz CT molecular complexity index is 1720. The molecule has 0 spiro atoms. The van der Waals surface area contributed by atoms with E-state index in [2.05, 4.69) is 33.9 Å². The average molecular weight is 629 g/mol. The molecule has 0 saturated carbocycles. The van der Waals surface area contributed by atoms with Crippen molar-refractivity contribution in [2.45, 2.75) is 30.9 Å². The van der Waals surface area contributed by atoms with E-state index in [0.717, 1.165) is 53.5 Å². The Hall–Kier alpha value is -5.25. The molecule has 13 heteroatoms. The Balaban J connectivity index is 1.63. The van der Waals surface area contributed by atoms with Crippen LogP contribution in [0.25, 0.3) is 0 Å². The predicted molar refractivity (Wildman–Crippen MR) is 151 cm³/mol. The molecule has 45 heavy (non-hydrogen) atoms. The molecule has 1 atom stereocenters. The fourth-order valence-electron chi connectivity index (χ4n) is 4.48. The van der Waals surface area contributed by atoms with Crippen LogP contribution >= 0.6 is 0 Å². The molecule has 1 aliphatic carbocycles. The van der Waals surface area contributed by atoms with Gasteiger partial charge in [-0.2, -0.15) is 26.3 Å². The quantitative estimate of drug-likeness (QED) is 0.178. The number of allylic oxidation sites excluding steroid dienone is 3. The second-order valence-corrected chi connectivity index (χ2v) is 9.68. The molecule has 3 aromatic rings. The number of hydrogen-bond acceptors (Lipinski definition) is 4. The number of carbonyl (C=O) groups is 2. The highest BCUT2D eigenvalue weighted by Crippen LogP contribution is 2.43. The summed E-state index contributed by atoms with van der Waals surface area (Å²) in [6, 6.07) is 11.5. The Morgan fingerprint density at radius 1 is 0.956 bits per heavy atom. The molecule has 232 valence electrons.